The highest BCUT2D eigenvalue weighted by Gasteiger charge is 2.20. The van der Waals surface area contributed by atoms with Gasteiger partial charge in [-0.15, -0.1) is 0 Å². The molecule has 0 radical (unpaired) electrons. The van der Waals surface area contributed by atoms with Crippen LogP contribution in [-0.2, 0) is 0 Å². The molecule has 0 aromatic heterocycles. The molecule has 2 aliphatic rings. The van der Waals surface area contributed by atoms with Gasteiger partial charge in [0.1, 0.15) is 0 Å². The van der Waals surface area contributed by atoms with Crippen molar-refractivity contribution in [3.05, 3.63) is 34.1 Å². The SMILES string of the molecule is IC1=CCC2C=CC=CC2N1. The molecule has 0 bridgehead atoms. The molecule has 1 aliphatic carbocycles. The molecule has 1 nitrogen and oxygen atoms in total. The minimum absolute atomic E-state index is 0.539. The number of rotatable bonds is 0. The second kappa shape index (κ2) is 3.01. The highest BCUT2D eigenvalue weighted by atomic mass is 127. The first-order valence-corrected chi connectivity index (χ1v) is 4.91. The second-order valence-electron chi connectivity index (χ2n) is 2.89. The van der Waals surface area contributed by atoms with Crippen molar-refractivity contribution in [2.75, 3.05) is 0 Å². The van der Waals surface area contributed by atoms with Crippen molar-refractivity contribution >= 4 is 22.6 Å². The third-order valence-electron chi connectivity index (χ3n) is 2.12. The zero-order valence-corrected chi connectivity index (χ0v) is 8.28. The Bertz CT molecular complexity index is 240. The van der Waals surface area contributed by atoms with Crippen molar-refractivity contribution < 1.29 is 0 Å². The van der Waals surface area contributed by atoms with E-state index in [4.69, 9.17) is 0 Å². The van der Waals surface area contributed by atoms with Gasteiger partial charge in [0.25, 0.3) is 0 Å². The number of fused-ring (bicyclic) bond motifs is 1. The van der Waals surface area contributed by atoms with Crippen LogP contribution in [0.4, 0.5) is 0 Å². The maximum absolute atomic E-state index is 3.43. The van der Waals surface area contributed by atoms with E-state index >= 15 is 0 Å². The third kappa shape index (κ3) is 1.50. The molecular formula is C9H10IN. The Morgan fingerprint density at radius 3 is 3.09 bits per heavy atom. The molecule has 58 valence electrons. The van der Waals surface area contributed by atoms with E-state index in [1.54, 1.807) is 0 Å². The molecule has 0 amide bonds. The van der Waals surface area contributed by atoms with Crippen molar-refractivity contribution in [3.63, 3.8) is 0 Å². The standard InChI is InChI=1S/C9H10IN/c10-9-6-5-7-3-1-2-4-8(7)11-9/h1-4,6-8,11H,5H2. The van der Waals surface area contributed by atoms with Crippen LogP contribution in [0.5, 0.6) is 0 Å². The summed E-state index contributed by atoms with van der Waals surface area (Å²) < 4.78 is 1.28. The second-order valence-corrected chi connectivity index (χ2v) is 4.05. The van der Waals surface area contributed by atoms with Crippen LogP contribution in [0.1, 0.15) is 6.42 Å². The summed E-state index contributed by atoms with van der Waals surface area (Å²) in [5.41, 5.74) is 0. The average Bonchev–Trinajstić information content (AvgIpc) is 2.04. The zero-order chi connectivity index (χ0) is 7.68. The monoisotopic (exact) mass is 259 g/mol. The summed E-state index contributed by atoms with van der Waals surface area (Å²) in [5.74, 6) is 0.679. The lowest BCUT2D eigenvalue weighted by molar-refractivity contribution is 0.497. The Morgan fingerprint density at radius 2 is 2.18 bits per heavy atom. The first-order chi connectivity index (χ1) is 5.36. The number of hydrogen-bond acceptors (Lipinski definition) is 1. The fourth-order valence-electron chi connectivity index (χ4n) is 1.49. The molecule has 0 aromatic carbocycles. The van der Waals surface area contributed by atoms with Gasteiger partial charge in [-0.05, 0) is 29.0 Å². The van der Waals surface area contributed by atoms with Crippen molar-refractivity contribution in [2.45, 2.75) is 12.5 Å². The molecule has 1 aliphatic heterocycles. The highest BCUT2D eigenvalue weighted by molar-refractivity contribution is 14.1. The van der Waals surface area contributed by atoms with Crippen molar-refractivity contribution in [2.24, 2.45) is 5.92 Å². The van der Waals surface area contributed by atoms with Gasteiger partial charge in [0.15, 0.2) is 0 Å². The van der Waals surface area contributed by atoms with Crippen molar-refractivity contribution in [1.82, 2.24) is 5.32 Å². The molecule has 0 spiro atoms. The van der Waals surface area contributed by atoms with Gasteiger partial charge in [-0.25, -0.2) is 0 Å². The van der Waals surface area contributed by atoms with Crippen LogP contribution in [0, 0.1) is 5.92 Å². The smallest absolute Gasteiger partial charge is 0.0696 e. The van der Waals surface area contributed by atoms with Gasteiger partial charge in [-0.3, -0.25) is 0 Å². The first-order valence-electron chi connectivity index (χ1n) is 3.83. The molecular weight excluding hydrogens is 249 g/mol. The van der Waals surface area contributed by atoms with Crippen LogP contribution in [0.15, 0.2) is 34.1 Å². The van der Waals surface area contributed by atoms with Crippen molar-refractivity contribution in [3.8, 4) is 0 Å². The third-order valence-corrected chi connectivity index (χ3v) is 2.87. The Morgan fingerprint density at radius 1 is 1.36 bits per heavy atom. The number of nitrogens with one attached hydrogen (secondary N) is 1. The molecule has 0 aromatic rings. The molecule has 2 atom stereocenters. The van der Waals surface area contributed by atoms with E-state index in [0.29, 0.717) is 12.0 Å². The van der Waals surface area contributed by atoms with Crippen LogP contribution in [0.25, 0.3) is 0 Å². The van der Waals surface area contributed by atoms with Crippen LogP contribution in [0.2, 0.25) is 0 Å². The Hall–Kier alpha value is -0.250. The van der Waals surface area contributed by atoms with E-state index in [0.717, 1.165) is 0 Å². The van der Waals surface area contributed by atoms with Gasteiger partial charge < -0.3 is 5.32 Å². The van der Waals surface area contributed by atoms with E-state index < -0.39 is 0 Å². The first kappa shape index (κ1) is 7.40. The predicted molar refractivity (Wildman–Crippen MR) is 55.4 cm³/mol. The molecule has 2 heteroatoms. The summed E-state index contributed by atoms with van der Waals surface area (Å²) in [7, 11) is 0. The van der Waals surface area contributed by atoms with Gasteiger partial charge in [0.2, 0.25) is 0 Å². The van der Waals surface area contributed by atoms with Gasteiger partial charge in [0.05, 0.1) is 9.75 Å². The minimum atomic E-state index is 0.539. The Balaban J connectivity index is 2.18. The van der Waals surface area contributed by atoms with Gasteiger partial charge in [-0.2, -0.15) is 0 Å². The summed E-state index contributed by atoms with van der Waals surface area (Å²) in [6, 6.07) is 0.539. The largest absolute Gasteiger partial charge is 0.374 e. The molecule has 11 heavy (non-hydrogen) atoms. The van der Waals surface area contributed by atoms with Crippen LogP contribution < -0.4 is 5.32 Å². The van der Waals surface area contributed by atoms with Crippen molar-refractivity contribution in [1.29, 1.82) is 0 Å². The van der Waals surface area contributed by atoms with Gasteiger partial charge >= 0.3 is 0 Å². The minimum Gasteiger partial charge on any atom is -0.374 e. The number of allylic oxidation sites excluding steroid dienone is 3. The highest BCUT2D eigenvalue weighted by Crippen LogP contribution is 2.24. The molecule has 1 heterocycles. The topological polar surface area (TPSA) is 12.0 Å². The molecule has 0 fully saturated rings. The van der Waals surface area contributed by atoms with E-state index in [1.807, 2.05) is 0 Å². The molecule has 0 saturated carbocycles. The van der Waals surface area contributed by atoms with Crippen LogP contribution in [0.3, 0.4) is 0 Å². The molecule has 2 rings (SSSR count). The maximum Gasteiger partial charge on any atom is 0.0696 e. The molecule has 1 N–H and O–H groups in total. The number of halogens is 1. The quantitative estimate of drug-likeness (QED) is 0.520. The van der Waals surface area contributed by atoms with Gasteiger partial charge in [0, 0.05) is 5.92 Å². The predicted octanol–water partition coefficient (Wildman–Crippen LogP) is 2.37. The zero-order valence-electron chi connectivity index (χ0n) is 6.13. The normalized spacial score (nSPS) is 34.1. The Kier molecular flexibility index (Phi) is 2.02. The van der Waals surface area contributed by atoms with Gasteiger partial charge in [-0.1, -0.05) is 30.4 Å². The summed E-state index contributed by atoms with van der Waals surface area (Å²) in [4.78, 5) is 0. The fourth-order valence-corrected chi connectivity index (χ4v) is 2.11. The average molecular weight is 259 g/mol. The van der Waals surface area contributed by atoms with E-state index in [1.165, 1.54) is 10.1 Å². The fraction of sp³-hybridized carbons (Fsp3) is 0.333. The van der Waals surface area contributed by atoms with Crippen LogP contribution in [-0.4, -0.2) is 6.04 Å². The van der Waals surface area contributed by atoms with E-state index in [2.05, 4.69) is 58.3 Å². The summed E-state index contributed by atoms with van der Waals surface area (Å²) in [6.07, 6.45) is 12.2. The Labute approximate surface area is 80.4 Å². The summed E-state index contributed by atoms with van der Waals surface area (Å²) >= 11 is 2.34. The van der Waals surface area contributed by atoms with E-state index in [9.17, 15) is 0 Å². The lowest BCUT2D eigenvalue weighted by Gasteiger charge is -2.28. The van der Waals surface area contributed by atoms with Crippen LogP contribution >= 0.6 is 22.6 Å². The number of hydrogen-bond donors (Lipinski definition) is 1. The molecule has 0 saturated heterocycles. The van der Waals surface area contributed by atoms with E-state index in [-0.39, 0.29) is 0 Å². The molecule has 2 unspecified atom stereocenters. The lowest BCUT2D eigenvalue weighted by atomic mass is 9.90. The maximum atomic E-state index is 3.43. The summed E-state index contributed by atoms with van der Waals surface area (Å²) in [5, 5.41) is 3.43. The summed E-state index contributed by atoms with van der Waals surface area (Å²) in [6.45, 7) is 0. The lowest BCUT2D eigenvalue weighted by Crippen LogP contribution is -2.35.